The molecule has 122 valence electrons. The van der Waals surface area contributed by atoms with Crippen LogP contribution >= 0.6 is 11.3 Å². The fourth-order valence-electron chi connectivity index (χ4n) is 2.24. The number of thiophene rings is 1. The molecule has 0 aliphatic heterocycles. The number of rotatable bonds is 5. The van der Waals surface area contributed by atoms with E-state index in [9.17, 15) is 4.79 Å². The number of carbonyl (C=O) groups is 1. The fourth-order valence-corrected chi connectivity index (χ4v) is 2.95. The molecule has 3 aromatic rings. The summed E-state index contributed by atoms with van der Waals surface area (Å²) in [6.45, 7) is 3.90. The number of benzene rings is 1. The third-order valence-corrected chi connectivity index (χ3v) is 4.77. The van der Waals surface area contributed by atoms with Crippen LogP contribution in [0.15, 0.2) is 54.0 Å². The van der Waals surface area contributed by atoms with Crippen molar-refractivity contribution < 1.29 is 4.79 Å². The number of nitrogens with one attached hydrogen (secondary N) is 1. The molecule has 0 spiro atoms. The van der Waals surface area contributed by atoms with Gasteiger partial charge in [0.05, 0.1) is 16.8 Å². The smallest absolute Gasteiger partial charge is 0.228 e. The summed E-state index contributed by atoms with van der Waals surface area (Å²) in [5.74, 6) is 0.427. The van der Waals surface area contributed by atoms with E-state index in [1.165, 1.54) is 0 Å². The van der Waals surface area contributed by atoms with Crippen LogP contribution in [0, 0.1) is 5.92 Å². The van der Waals surface area contributed by atoms with Gasteiger partial charge in [0.15, 0.2) is 5.82 Å². The molecule has 1 N–H and O–H groups in total. The third-order valence-electron chi connectivity index (χ3n) is 3.90. The molecule has 24 heavy (non-hydrogen) atoms. The predicted octanol–water partition coefficient (Wildman–Crippen LogP) is 4.86. The molecule has 0 radical (unpaired) electrons. The Labute approximate surface area is 145 Å². The molecule has 0 fully saturated rings. The molecule has 1 unspecified atom stereocenters. The SMILES string of the molecule is CCC(C)C(=O)Nc1ncc(-c2ccccc2)nc1-c1cccs1. The molecule has 1 atom stereocenters. The second kappa shape index (κ2) is 7.36. The number of nitrogens with zero attached hydrogens (tertiary/aromatic N) is 2. The van der Waals surface area contributed by atoms with Gasteiger partial charge in [-0.25, -0.2) is 9.97 Å². The van der Waals surface area contributed by atoms with Crippen molar-refractivity contribution in [3.05, 3.63) is 54.0 Å². The van der Waals surface area contributed by atoms with Gasteiger partial charge in [0.2, 0.25) is 5.91 Å². The second-order valence-electron chi connectivity index (χ2n) is 5.59. The maximum Gasteiger partial charge on any atom is 0.228 e. The highest BCUT2D eigenvalue weighted by Gasteiger charge is 2.17. The lowest BCUT2D eigenvalue weighted by molar-refractivity contribution is -0.119. The van der Waals surface area contributed by atoms with Gasteiger partial charge in [-0.3, -0.25) is 4.79 Å². The summed E-state index contributed by atoms with van der Waals surface area (Å²) in [4.78, 5) is 22.5. The molecule has 0 saturated carbocycles. The molecule has 0 bridgehead atoms. The van der Waals surface area contributed by atoms with E-state index in [0.29, 0.717) is 11.5 Å². The Morgan fingerprint density at radius 1 is 1.21 bits per heavy atom. The highest BCUT2D eigenvalue weighted by molar-refractivity contribution is 7.13. The summed E-state index contributed by atoms with van der Waals surface area (Å²) in [6, 6.07) is 13.9. The zero-order valence-corrected chi connectivity index (χ0v) is 14.5. The Bertz CT molecular complexity index is 816. The number of carbonyl (C=O) groups excluding carboxylic acids is 1. The van der Waals surface area contributed by atoms with Crippen LogP contribution in [-0.4, -0.2) is 15.9 Å². The lowest BCUT2D eigenvalue weighted by atomic mass is 10.1. The van der Waals surface area contributed by atoms with Crippen molar-refractivity contribution in [3.8, 4) is 21.8 Å². The minimum Gasteiger partial charge on any atom is -0.309 e. The molecule has 0 saturated heterocycles. The molecule has 3 rings (SSSR count). The summed E-state index contributed by atoms with van der Waals surface area (Å²) in [7, 11) is 0. The molecule has 2 aromatic heterocycles. The van der Waals surface area contributed by atoms with Crippen molar-refractivity contribution in [2.24, 2.45) is 5.92 Å². The lowest BCUT2D eigenvalue weighted by Crippen LogP contribution is -2.21. The molecular formula is C19H19N3OS. The van der Waals surface area contributed by atoms with Crippen LogP contribution in [0.3, 0.4) is 0 Å². The van der Waals surface area contributed by atoms with E-state index in [1.807, 2.05) is 61.7 Å². The van der Waals surface area contributed by atoms with E-state index in [4.69, 9.17) is 4.98 Å². The van der Waals surface area contributed by atoms with Crippen molar-refractivity contribution in [1.82, 2.24) is 9.97 Å². The maximum absolute atomic E-state index is 12.2. The Hall–Kier alpha value is -2.53. The average molecular weight is 337 g/mol. The molecule has 0 aliphatic carbocycles. The van der Waals surface area contributed by atoms with Gasteiger partial charge >= 0.3 is 0 Å². The molecular weight excluding hydrogens is 318 g/mol. The zero-order chi connectivity index (χ0) is 16.9. The number of amides is 1. The van der Waals surface area contributed by atoms with E-state index >= 15 is 0 Å². The minimum absolute atomic E-state index is 0.0305. The highest BCUT2D eigenvalue weighted by atomic mass is 32.1. The first-order valence-corrected chi connectivity index (χ1v) is 8.84. The predicted molar refractivity (Wildman–Crippen MR) is 98.9 cm³/mol. The highest BCUT2D eigenvalue weighted by Crippen LogP contribution is 2.31. The van der Waals surface area contributed by atoms with Crippen molar-refractivity contribution in [2.75, 3.05) is 5.32 Å². The van der Waals surface area contributed by atoms with Gasteiger partial charge < -0.3 is 5.32 Å². The van der Waals surface area contributed by atoms with Gasteiger partial charge in [0.25, 0.3) is 0 Å². The topological polar surface area (TPSA) is 54.9 Å². The summed E-state index contributed by atoms with van der Waals surface area (Å²) in [5.41, 5.74) is 2.51. The Morgan fingerprint density at radius 2 is 2.00 bits per heavy atom. The van der Waals surface area contributed by atoms with Crippen LogP contribution in [0.4, 0.5) is 5.82 Å². The Morgan fingerprint density at radius 3 is 2.67 bits per heavy atom. The second-order valence-corrected chi connectivity index (χ2v) is 6.54. The van der Waals surface area contributed by atoms with Crippen LogP contribution in [0.2, 0.25) is 0 Å². The summed E-state index contributed by atoms with van der Waals surface area (Å²) < 4.78 is 0. The van der Waals surface area contributed by atoms with Crippen LogP contribution in [0.5, 0.6) is 0 Å². The maximum atomic E-state index is 12.2. The summed E-state index contributed by atoms with van der Waals surface area (Å²) in [5, 5.41) is 4.91. The first kappa shape index (κ1) is 16.3. The average Bonchev–Trinajstić information content (AvgIpc) is 3.16. The largest absolute Gasteiger partial charge is 0.309 e. The molecule has 1 amide bonds. The van der Waals surface area contributed by atoms with Crippen molar-refractivity contribution in [2.45, 2.75) is 20.3 Å². The quantitative estimate of drug-likeness (QED) is 0.723. The van der Waals surface area contributed by atoms with E-state index in [2.05, 4.69) is 10.3 Å². The van der Waals surface area contributed by atoms with Crippen molar-refractivity contribution >= 4 is 23.1 Å². The van der Waals surface area contributed by atoms with Gasteiger partial charge in [0, 0.05) is 11.5 Å². The standard InChI is InChI=1S/C19H19N3OS/c1-3-13(2)19(23)22-18-17(16-10-7-11-24-16)21-15(12-20-18)14-8-5-4-6-9-14/h4-13H,3H2,1-2H3,(H,20,22,23). The molecule has 5 heteroatoms. The summed E-state index contributed by atoms with van der Waals surface area (Å²) in [6.07, 6.45) is 2.49. The van der Waals surface area contributed by atoms with E-state index in [1.54, 1.807) is 17.5 Å². The van der Waals surface area contributed by atoms with Crippen LogP contribution in [-0.2, 0) is 4.79 Å². The minimum atomic E-state index is -0.0585. The number of anilines is 1. The van der Waals surface area contributed by atoms with Crippen LogP contribution in [0.1, 0.15) is 20.3 Å². The first-order valence-electron chi connectivity index (χ1n) is 7.96. The van der Waals surface area contributed by atoms with Gasteiger partial charge in [-0.05, 0) is 17.9 Å². The number of hydrogen-bond donors (Lipinski definition) is 1. The molecule has 4 nitrogen and oxygen atoms in total. The van der Waals surface area contributed by atoms with Gasteiger partial charge in [-0.2, -0.15) is 0 Å². The molecule has 0 aliphatic rings. The van der Waals surface area contributed by atoms with Crippen molar-refractivity contribution in [1.29, 1.82) is 0 Å². The molecule has 1 aromatic carbocycles. The van der Waals surface area contributed by atoms with E-state index in [0.717, 1.165) is 22.6 Å². The van der Waals surface area contributed by atoms with Crippen LogP contribution in [0.25, 0.3) is 21.8 Å². The fraction of sp³-hybridized carbons (Fsp3) is 0.211. The van der Waals surface area contributed by atoms with Crippen LogP contribution < -0.4 is 5.32 Å². The van der Waals surface area contributed by atoms with Crippen molar-refractivity contribution in [3.63, 3.8) is 0 Å². The van der Waals surface area contributed by atoms with Gasteiger partial charge in [-0.15, -0.1) is 11.3 Å². The normalized spacial score (nSPS) is 11.9. The van der Waals surface area contributed by atoms with Gasteiger partial charge in [-0.1, -0.05) is 50.2 Å². The monoisotopic (exact) mass is 337 g/mol. The first-order chi connectivity index (χ1) is 11.7. The number of hydrogen-bond acceptors (Lipinski definition) is 4. The molecule has 2 heterocycles. The van der Waals surface area contributed by atoms with E-state index < -0.39 is 0 Å². The van der Waals surface area contributed by atoms with Gasteiger partial charge in [0.1, 0.15) is 5.69 Å². The Kier molecular flexibility index (Phi) is 5.01. The lowest BCUT2D eigenvalue weighted by Gasteiger charge is -2.13. The number of aromatic nitrogens is 2. The summed E-state index contributed by atoms with van der Waals surface area (Å²) >= 11 is 1.58. The Balaban J connectivity index is 2.01. The zero-order valence-electron chi connectivity index (χ0n) is 13.7. The van der Waals surface area contributed by atoms with E-state index in [-0.39, 0.29) is 11.8 Å². The third kappa shape index (κ3) is 3.51.